The van der Waals surface area contributed by atoms with Crippen LogP contribution in [0.1, 0.15) is 59.7 Å². The van der Waals surface area contributed by atoms with Crippen molar-refractivity contribution in [3.8, 4) is 0 Å². The van der Waals surface area contributed by atoms with Crippen LogP contribution in [0.2, 0.25) is 0 Å². The summed E-state index contributed by atoms with van der Waals surface area (Å²) in [6.07, 6.45) is 9.69. The fraction of sp³-hybridized carbons (Fsp3) is 0.600. The van der Waals surface area contributed by atoms with E-state index in [1.165, 1.54) is 56.0 Å². The number of rotatable bonds is 3. The van der Waals surface area contributed by atoms with Crippen molar-refractivity contribution in [3.05, 3.63) is 28.8 Å². The third kappa shape index (κ3) is 3.20. The van der Waals surface area contributed by atoms with Crippen LogP contribution < -0.4 is 0 Å². The molecule has 134 valence electrons. The standard InChI is InChI=1S/C20H27N3OS/c1-22(2)20(24)18-17(16-10-5-11-21-19(16)25-18)14-7-6-12-23(13-14)15-8-3-4-9-15/h5,10-11,14-15H,3-4,6-9,12-13H2,1-2H3/t14-/m1/s1. The van der Waals surface area contributed by atoms with Crippen LogP contribution in [0.15, 0.2) is 18.3 Å². The van der Waals surface area contributed by atoms with Crippen molar-refractivity contribution in [1.82, 2.24) is 14.8 Å². The summed E-state index contributed by atoms with van der Waals surface area (Å²) >= 11 is 1.57. The van der Waals surface area contributed by atoms with Crippen LogP contribution >= 0.6 is 11.3 Å². The van der Waals surface area contributed by atoms with Crippen LogP contribution in [-0.2, 0) is 0 Å². The van der Waals surface area contributed by atoms with Gasteiger partial charge >= 0.3 is 0 Å². The fourth-order valence-corrected chi connectivity index (χ4v) is 5.81. The monoisotopic (exact) mass is 357 g/mol. The molecule has 2 aliphatic rings. The van der Waals surface area contributed by atoms with E-state index in [9.17, 15) is 4.79 Å². The summed E-state index contributed by atoms with van der Waals surface area (Å²) in [5.41, 5.74) is 1.26. The lowest BCUT2D eigenvalue weighted by Gasteiger charge is -2.37. The molecule has 25 heavy (non-hydrogen) atoms. The Bertz CT molecular complexity index is 763. The van der Waals surface area contributed by atoms with Crippen molar-refractivity contribution in [2.45, 2.75) is 50.5 Å². The van der Waals surface area contributed by atoms with E-state index >= 15 is 0 Å². The number of nitrogens with zero attached hydrogens (tertiary/aromatic N) is 3. The number of fused-ring (bicyclic) bond motifs is 1. The van der Waals surface area contributed by atoms with E-state index in [1.807, 2.05) is 26.4 Å². The number of thiophene rings is 1. The average molecular weight is 358 g/mol. The largest absolute Gasteiger partial charge is 0.344 e. The molecule has 2 aromatic heterocycles. The van der Waals surface area contributed by atoms with E-state index in [0.29, 0.717) is 5.92 Å². The molecule has 0 radical (unpaired) electrons. The molecular formula is C20H27N3OS. The van der Waals surface area contributed by atoms with Gasteiger partial charge in [0.1, 0.15) is 4.83 Å². The number of hydrogen-bond acceptors (Lipinski definition) is 4. The third-order valence-corrected chi connectivity index (χ3v) is 6.92. The Morgan fingerprint density at radius 3 is 2.80 bits per heavy atom. The molecule has 1 amide bonds. The smallest absolute Gasteiger partial charge is 0.263 e. The summed E-state index contributed by atoms with van der Waals surface area (Å²) in [6.45, 7) is 2.32. The highest BCUT2D eigenvalue weighted by molar-refractivity contribution is 7.20. The van der Waals surface area contributed by atoms with Crippen LogP contribution in [-0.4, -0.2) is 53.9 Å². The number of likely N-dealkylation sites (tertiary alicyclic amines) is 1. The van der Waals surface area contributed by atoms with Crippen molar-refractivity contribution in [1.29, 1.82) is 0 Å². The predicted molar refractivity (Wildman–Crippen MR) is 103 cm³/mol. The maximum atomic E-state index is 12.8. The average Bonchev–Trinajstić information content (AvgIpc) is 3.28. The highest BCUT2D eigenvalue weighted by Crippen LogP contribution is 2.40. The van der Waals surface area contributed by atoms with Gasteiger partial charge in [-0.15, -0.1) is 11.3 Å². The SMILES string of the molecule is CN(C)C(=O)c1sc2ncccc2c1[C@@H]1CCCN(C2CCCC2)C1. The third-order valence-electron chi connectivity index (χ3n) is 5.81. The van der Waals surface area contributed by atoms with Gasteiger partial charge in [0.05, 0.1) is 4.88 Å². The van der Waals surface area contributed by atoms with Gasteiger partial charge in [0.15, 0.2) is 0 Å². The van der Waals surface area contributed by atoms with Crippen molar-refractivity contribution in [3.63, 3.8) is 0 Å². The topological polar surface area (TPSA) is 36.4 Å². The number of piperidine rings is 1. The van der Waals surface area contributed by atoms with E-state index < -0.39 is 0 Å². The maximum Gasteiger partial charge on any atom is 0.263 e. The lowest BCUT2D eigenvalue weighted by molar-refractivity contribution is 0.0829. The quantitative estimate of drug-likeness (QED) is 0.829. The maximum absolute atomic E-state index is 12.8. The Kier molecular flexibility index (Phi) is 4.78. The van der Waals surface area contributed by atoms with Crippen LogP contribution in [0.4, 0.5) is 0 Å². The Labute approximate surface area is 153 Å². The molecule has 1 saturated carbocycles. The molecule has 1 aliphatic heterocycles. The van der Waals surface area contributed by atoms with Crippen molar-refractivity contribution in [2.24, 2.45) is 0 Å². The van der Waals surface area contributed by atoms with Gasteiger partial charge in [0, 0.05) is 38.3 Å². The zero-order valence-electron chi connectivity index (χ0n) is 15.2. The first-order chi connectivity index (χ1) is 12.1. The van der Waals surface area contributed by atoms with E-state index in [0.717, 1.165) is 22.3 Å². The Morgan fingerprint density at radius 1 is 1.24 bits per heavy atom. The molecule has 4 nitrogen and oxygen atoms in total. The minimum Gasteiger partial charge on any atom is -0.344 e. The van der Waals surface area contributed by atoms with Gasteiger partial charge in [0.25, 0.3) is 5.91 Å². The first-order valence-corrected chi connectivity index (χ1v) is 10.3. The van der Waals surface area contributed by atoms with Gasteiger partial charge in [-0.2, -0.15) is 0 Å². The lowest BCUT2D eigenvalue weighted by Crippen LogP contribution is -2.41. The molecule has 3 heterocycles. The van der Waals surface area contributed by atoms with Gasteiger partial charge < -0.3 is 4.90 Å². The molecule has 2 fully saturated rings. The minimum atomic E-state index is 0.121. The normalized spacial score (nSPS) is 22.6. The van der Waals surface area contributed by atoms with Gasteiger partial charge in [-0.25, -0.2) is 4.98 Å². The minimum absolute atomic E-state index is 0.121. The van der Waals surface area contributed by atoms with Gasteiger partial charge in [0.2, 0.25) is 0 Å². The number of aromatic nitrogens is 1. The number of carbonyl (C=O) groups excluding carboxylic acids is 1. The number of pyridine rings is 1. The van der Waals surface area contributed by atoms with Crippen molar-refractivity contribution in [2.75, 3.05) is 27.2 Å². The van der Waals surface area contributed by atoms with E-state index in [2.05, 4.69) is 16.0 Å². The fourth-order valence-electron chi connectivity index (χ4n) is 4.56. The van der Waals surface area contributed by atoms with Crippen LogP contribution in [0.3, 0.4) is 0 Å². The summed E-state index contributed by atoms with van der Waals surface area (Å²) < 4.78 is 0. The zero-order valence-corrected chi connectivity index (χ0v) is 16.0. The second-order valence-corrected chi connectivity index (χ2v) is 8.67. The molecule has 1 aliphatic carbocycles. The molecule has 0 unspecified atom stereocenters. The highest BCUT2D eigenvalue weighted by atomic mass is 32.1. The predicted octanol–water partition coefficient (Wildman–Crippen LogP) is 4.12. The highest BCUT2D eigenvalue weighted by Gasteiger charge is 2.32. The van der Waals surface area contributed by atoms with Gasteiger partial charge in [-0.05, 0) is 49.8 Å². The molecule has 0 N–H and O–H groups in total. The van der Waals surface area contributed by atoms with E-state index in [-0.39, 0.29) is 5.91 Å². The number of amides is 1. The second-order valence-electron chi connectivity index (χ2n) is 7.67. The molecular weight excluding hydrogens is 330 g/mol. The number of carbonyl (C=O) groups is 1. The first-order valence-electron chi connectivity index (χ1n) is 9.48. The molecule has 5 heteroatoms. The van der Waals surface area contributed by atoms with Gasteiger partial charge in [-0.1, -0.05) is 18.9 Å². The molecule has 0 aromatic carbocycles. The van der Waals surface area contributed by atoms with Crippen LogP contribution in [0.5, 0.6) is 0 Å². The summed E-state index contributed by atoms with van der Waals surface area (Å²) in [5.74, 6) is 0.571. The molecule has 1 atom stereocenters. The zero-order chi connectivity index (χ0) is 17.4. The molecule has 0 bridgehead atoms. The Morgan fingerprint density at radius 2 is 2.04 bits per heavy atom. The molecule has 4 rings (SSSR count). The summed E-state index contributed by atoms with van der Waals surface area (Å²) in [7, 11) is 3.69. The molecule has 1 saturated heterocycles. The Balaban J connectivity index is 1.71. The lowest BCUT2D eigenvalue weighted by atomic mass is 9.88. The van der Waals surface area contributed by atoms with Crippen molar-refractivity contribution < 1.29 is 4.79 Å². The van der Waals surface area contributed by atoms with E-state index in [4.69, 9.17) is 0 Å². The Hall–Kier alpha value is -1.46. The summed E-state index contributed by atoms with van der Waals surface area (Å²) in [4.78, 5) is 23.6. The molecule has 0 spiro atoms. The van der Waals surface area contributed by atoms with Crippen molar-refractivity contribution >= 4 is 27.5 Å². The molecule has 2 aromatic rings. The second kappa shape index (κ2) is 7.04. The van der Waals surface area contributed by atoms with Crippen LogP contribution in [0.25, 0.3) is 10.2 Å². The summed E-state index contributed by atoms with van der Waals surface area (Å²) in [5, 5.41) is 1.19. The van der Waals surface area contributed by atoms with Crippen LogP contribution in [0, 0.1) is 0 Å². The van der Waals surface area contributed by atoms with E-state index in [1.54, 1.807) is 16.2 Å². The van der Waals surface area contributed by atoms with Gasteiger partial charge in [-0.3, -0.25) is 9.69 Å². The summed E-state index contributed by atoms with van der Waals surface area (Å²) in [6, 6.07) is 4.91. The number of hydrogen-bond donors (Lipinski definition) is 0. The first kappa shape index (κ1) is 17.0.